The zero-order valence-corrected chi connectivity index (χ0v) is 12.3. The summed E-state index contributed by atoms with van der Waals surface area (Å²) in [5.41, 5.74) is 0. The van der Waals surface area contributed by atoms with Crippen molar-refractivity contribution in [3.8, 4) is 0 Å². The van der Waals surface area contributed by atoms with Crippen molar-refractivity contribution in [2.45, 2.75) is 83.2 Å². The SMILES string of the molecule is CCCN(C1CCCCCCC1)C1CCCNC1. The van der Waals surface area contributed by atoms with E-state index in [-0.39, 0.29) is 0 Å². The third-order valence-electron chi connectivity index (χ3n) is 4.77. The molecule has 0 radical (unpaired) electrons. The first-order valence-corrected chi connectivity index (χ1v) is 8.38. The first-order valence-electron chi connectivity index (χ1n) is 8.38. The van der Waals surface area contributed by atoms with Crippen molar-refractivity contribution in [1.82, 2.24) is 10.2 Å². The zero-order valence-electron chi connectivity index (χ0n) is 12.3. The van der Waals surface area contributed by atoms with Gasteiger partial charge in [0.05, 0.1) is 0 Å². The van der Waals surface area contributed by atoms with Gasteiger partial charge in [0.2, 0.25) is 0 Å². The topological polar surface area (TPSA) is 15.3 Å². The van der Waals surface area contributed by atoms with Crippen LogP contribution in [0.5, 0.6) is 0 Å². The van der Waals surface area contributed by atoms with E-state index in [1.165, 1.54) is 83.8 Å². The Kier molecular flexibility index (Phi) is 6.50. The van der Waals surface area contributed by atoms with Gasteiger partial charge in [0.15, 0.2) is 0 Å². The third kappa shape index (κ3) is 4.24. The van der Waals surface area contributed by atoms with Gasteiger partial charge in [0.1, 0.15) is 0 Å². The van der Waals surface area contributed by atoms with Gasteiger partial charge < -0.3 is 5.32 Å². The molecular formula is C16H32N2. The van der Waals surface area contributed by atoms with E-state index in [4.69, 9.17) is 0 Å². The largest absolute Gasteiger partial charge is 0.315 e. The van der Waals surface area contributed by atoms with Crippen LogP contribution in [0.2, 0.25) is 0 Å². The lowest BCUT2D eigenvalue weighted by Gasteiger charge is -2.41. The third-order valence-corrected chi connectivity index (χ3v) is 4.77. The highest BCUT2D eigenvalue weighted by molar-refractivity contribution is 4.84. The average Bonchev–Trinajstić information content (AvgIpc) is 2.38. The lowest BCUT2D eigenvalue weighted by molar-refractivity contribution is 0.0940. The van der Waals surface area contributed by atoms with E-state index in [0.29, 0.717) is 0 Å². The Morgan fingerprint density at radius 2 is 1.56 bits per heavy atom. The van der Waals surface area contributed by atoms with Crippen LogP contribution in [-0.2, 0) is 0 Å². The second kappa shape index (κ2) is 8.16. The summed E-state index contributed by atoms with van der Waals surface area (Å²) >= 11 is 0. The van der Waals surface area contributed by atoms with Gasteiger partial charge in [0.25, 0.3) is 0 Å². The van der Waals surface area contributed by atoms with Crippen molar-refractivity contribution < 1.29 is 0 Å². The van der Waals surface area contributed by atoms with Gasteiger partial charge in [-0.2, -0.15) is 0 Å². The smallest absolute Gasteiger partial charge is 0.0224 e. The minimum atomic E-state index is 0.822. The number of hydrogen-bond donors (Lipinski definition) is 1. The molecule has 2 heteroatoms. The monoisotopic (exact) mass is 252 g/mol. The van der Waals surface area contributed by atoms with Crippen molar-refractivity contribution in [1.29, 1.82) is 0 Å². The molecule has 1 unspecified atom stereocenters. The maximum Gasteiger partial charge on any atom is 0.0224 e. The predicted octanol–water partition coefficient (Wildman–Crippen LogP) is 3.56. The maximum absolute atomic E-state index is 3.60. The fourth-order valence-electron chi connectivity index (χ4n) is 3.80. The van der Waals surface area contributed by atoms with E-state index in [1.54, 1.807) is 0 Å². The van der Waals surface area contributed by atoms with E-state index in [1.807, 2.05) is 0 Å². The number of piperidine rings is 1. The summed E-state index contributed by atoms with van der Waals surface area (Å²) in [5, 5.41) is 3.60. The molecule has 1 saturated carbocycles. The number of nitrogens with one attached hydrogen (secondary N) is 1. The second-order valence-corrected chi connectivity index (χ2v) is 6.24. The Morgan fingerprint density at radius 1 is 0.889 bits per heavy atom. The normalized spacial score (nSPS) is 28.0. The van der Waals surface area contributed by atoms with Gasteiger partial charge in [0, 0.05) is 18.6 Å². The molecule has 1 N–H and O–H groups in total. The number of nitrogens with zero attached hydrogens (tertiary/aromatic N) is 1. The number of hydrogen-bond acceptors (Lipinski definition) is 2. The van der Waals surface area contributed by atoms with Crippen LogP contribution in [0.4, 0.5) is 0 Å². The van der Waals surface area contributed by atoms with Crippen LogP contribution in [0, 0.1) is 0 Å². The molecule has 2 rings (SSSR count). The fourth-order valence-corrected chi connectivity index (χ4v) is 3.80. The Bertz CT molecular complexity index is 203. The highest BCUT2D eigenvalue weighted by atomic mass is 15.2. The highest BCUT2D eigenvalue weighted by Crippen LogP contribution is 2.25. The molecule has 18 heavy (non-hydrogen) atoms. The molecule has 1 atom stereocenters. The Morgan fingerprint density at radius 3 is 2.17 bits per heavy atom. The van der Waals surface area contributed by atoms with E-state index in [0.717, 1.165) is 12.1 Å². The molecule has 0 bridgehead atoms. The molecule has 0 amide bonds. The summed E-state index contributed by atoms with van der Waals surface area (Å²) in [6.07, 6.45) is 14.4. The molecular weight excluding hydrogens is 220 g/mol. The van der Waals surface area contributed by atoms with E-state index in [9.17, 15) is 0 Å². The predicted molar refractivity (Wildman–Crippen MR) is 79.0 cm³/mol. The highest BCUT2D eigenvalue weighted by Gasteiger charge is 2.26. The van der Waals surface area contributed by atoms with Gasteiger partial charge in [-0.05, 0) is 45.2 Å². The molecule has 0 aromatic heterocycles. The zero-order chi connectivity index (χ0) is 12.6. The van der Waals surface area contributed by atoms with E-state index in [2.05, 4.69) is 17.1 Å². The molecule has 1 saturated heterocycles. The first kappa shape index (κ1) is 14.3. The van der Waals surface area contributed by atoms with Crippen molar-refractivity contribution in [2.24, 2.45) is 0 Å². The molecule has 2 aliphatic rings. The molecule has 1 aliphatic carbocycles. The van der Waals surface area contributed by atoms with Crippen LogP contribution in [0.1, 0.15) is 71.1 Å². The lowest BCUT2D eigenvalue weighted by Crippen LogP contribution is -2.50. The first-order chi connectivity index (χ1) is 8.92. The summed E-state index contributed by atoms with van der Waals surface area (Å²) in [6, 6.07) is 1.71. The van der Waals surface area contributed by atoms with Crippen molar-refractivity contribution in [3.63, 3.8) is 0 Å². The minimum absolute atomic E-state index is 0.822. The van der Waals surface area contributed by atoms with Crippen LogP contribution >= 0.6 is 0 Å². The van der Waals surface area contributed by atoms with Gasteiger partial charge in [-0.3, -0.25) is 4.90 Å². The summed E-state index contributed by atoms with van der Waals surface area (Å²) in [7, 11) is 0. The summed E-state index contributed by atoms with van der Waals surface area (Å²) in [4.78, 5) is 2.87. The molecule has 2 fully saturated rings. The van der Waals surface area contributed by atoms with Crippen LogP contribution in [-0.4, -0.2) is 36.6 Å². The molecule has 0 spiro atoms. The molecule has 106 valence electrons. The maximum atomic E-state index is 3.60. The van der Waals surface area contributed by atoms with Crippen LogP contribution in [0.3, 0.4) is 0 Å². The summed E-state index contributed by atoms with van der Waals surface area (Å²) < 4.78 is 0. The summed E-state index contributed by atoms with van der Waals surface area (Å²) in [6.45, 7) is 6.13. The Balaban J connectivity index is 1.92. The molecule has 0 aromatic carbocycles. The summed E-state index contributed by atoms with van der Waals surface area (Å²) in [5.74, 6) is 0. The Hall–Kier alpha value is -0.0800. The number of rotatable bonds is 4. The second-order valence-electron chi connectivity index (χ2n) is 6.24. The quantitative estimate of drug-likeness (QED) is 0.823. The van der Waals surface area contributed by atoms with Gasteiger partial charge in [-0.1, -0.05) is 39.0 Å². The van der Waals surface area contributed by atoms with Crippen molar-refractivity contribution >= 4 is 0 Å². The molecule has 1 aliphatic heterocycles. The van der Waals surface area contributed by atoms with Gasteiger partial charge >= 0.3 is 0 Å². The van der Waals surface area contributed by atoms with Gasteiger partial charge in [-0.15, -0.1) is 0 Å². The average molecular weight is 252 g/mol. The molecule has 2 nitrogen and oxygen atoms in total. The Labute approximate surface area is 114 Å². The van der Waals surface area contributed by atoms with Crippen molar-refractivity contribution in [2.75, 3.05) is 19.6 Å². The van der Waals surface area contributed by atoms with Gasteiger partial charge in [-0.25, -0.2) is 0 Å². The van der Waals surface area contributed by atoms with E-state index >= 15 is 0 Å². The lowest BCUT2D eigenvalue weighted by atomic mass is 9.93. The van der Waals surface area contributed by atoms with E-state index < -0.39 is 0 Å². The molecule has 0 aromatic rings. The van der Waals surface area contributed by atoms with Crippen molar-refractivity contribution in [3.05, 3.63) is 0 Å². The molecule has 1 heterocycles. The van der Waals surface area contributed by atoms with Crippen LogP contribution < -0.4 is 5.32 Å². The van der Waals surface area contributed by atoms with Crippen LogP contribution in [0.25, 0.3) is 0 Å². The standard InChI is InChI=1S/C16H32N2/c1-2-13-18(16-11-8-12-17-14-16)15-9-6-4-3-5-7-10-15/h15-17H,2-14H2,1H3. The minimum Gasteiger partial charge on any atom is -0.315 e. The fraction of sp³-hybridized carbons (Fsp3) is 1.00. The van der Waals surface area contributed by atoms with Crippen LogP contribution in [0.15, 0.2) is 0 Å².